The van der Waals surface area contributed by atoms with E-state index in [9.17, 15) is 19.1 Å². The molecule has 1 fully saturated rings. The van der Waals surface area contributed by atoms with Gasteiger partial charge in [-0.15, -0.1) is 0 Å². The number of halogens is 1. The number of rotatable bonds is 8. The summed E-state index contributed by atoms with van der Waals surface area (Å²) in [4.78, 5) is 37.3. The minimum atomic E-state index is -0.619. The molecular formula is C26H30FN5O3. The maximum absolute atomic E-state index is 13.1. The summed E-state index contributed by atoms with van der Waals surface area (Å²) < 4.78 is 13.1. The number of aromatic amines is 1. The highest BCUT2D eigenvalue weighted by molar-refractivity contribution is 5.94. The number of H-pyrrole nitrogens is 1. The number of hydrogen-bond donors (Lipinski definition) is 3. The summed E-state index contributed by atoms with van der Waals surface area (Å²) in [5.74, 6) is -0.704. The molecule has 1 aliphatic heterocycles. The molecule has 3 aromatic rings. The number of amides is 1. The largest absolute Gasteiger partial charge is 0.391 e. The van der Waals surface area contributed by atoms with Gasteiger partial charge in [0.1, 0.15) is 17.3 Å². The van der Waals surface area contributed by atoms with Crippen LogP contribution >= 0.6 is 0 Å². The fourth-order valence-corrected chi connectivity index (χ4v) is 4.13. The van der Waals surface area contributed by atoms with Crippen molar-refractivity contribution in [1.29, 1.82) is 0 Å². The average Bonchev–Trinajstić information content (AvgIpc) is 2.88. The van der Waals surface area contributed by atoms with E-state index >= 15 is 0 Å². The van der Waals surface area contributed by atoms with Gasteiger partial charge in [-0.1, -0.05) is 43.3 Å². The number of nitrogens with one attached hydrogen (secondary N) is 2. The van der Waals surface area contributed by atoms with Crippen LogP contribution in [0, 0.1) is 5.82 Å². The van der Waals surface area contributed by atoms with Crippen LogP contribution in [0.3, 0.4) is 0 Å². The zero-order chi connectivity index (χ0) is 24.8. The van der Waals surface area contributed by atoms with E-state index in [-0.39, 0.29) is 29.4 Å². The first-order valence-electron chi connectivity index (χ1n) is 11.8. The Balaban J connectivity index is 1.48. The SMILES string of the molecule is CCN1CCN(Cc2ccc(-c3nc(C(=O)NCc4ccc(F)cc4)c(CO)c(=O)[nH]3)cc2)CC1. The molecule has 35 heavy (non-hydrogen) atoms. The van der Waals surface area contributed by atoms with E-state index in [0.717, 1.165) is 44.8 Å². The molecule has 9 heteroatoms. The highest BCUT2D eigenvalue weighted by Crippen LogP contribution is 2.18. The number of carbonyl (C=O) groups is 1. The van der Waals surface area contributed by atoms with E-state index in [0.29, 0.717) is 11.1 Å². The Kier molecular flexibility index (Phi) is 8.02. The number of nitrogens with zero attached hydrogens (tertiary/aromatic N) is 3. The summed E-state index contributed by atoms with van der Waals surface area (Å²) in [6.07, 6.45) is 0. The zero-order valence-electron chi connectivity index (χ0n) is 19.8. The van der Waals surface area contributed by atoms with E-state index in [1.807, 2.05) is 24.3 Å². The van der Waals surface area contributed by atoms with Gasteiger partial charge in [-0.3, -0.25) is 14.5 Å². The minimum absolute atomic E-state index is 0.104. The number of carbonyl (C=O) groups excluding carboxylic acids is 1. The Morgan fingerprint density at radius 2 is 1.66 bits per heavy atom. The summed E-state index contributed by atoms with van der Waals surface area (Å²) in [7, 11) is 0. The van der Waals surface area contributed by atoms with Gasteiger partial charge in [0, 0.05) is 44.8 Å². The molecule has 2 aromatic carbocycles. The monoisotopic (exact) mass is 479 g/mol. The number of piperazine rings is 1. The molecule has 8 nitrogen and oxygen atoms in total. The molecule has 0 aliphatic carbocycles. The molecule has 1 amide bonds. The summed E-state index contributed by atoms with van der Waals surface area (Å²) in [5, 5.41) is 12.3. The molecule has 0 atom stereocenters. The quantitative estimate of drug-likeness (QED) is 0.458. The number of aliphatic hydroxyl groups is 1. The normalized spacial score (nSPS) is 14.7. The van der Waals surface area contributed by atoms with E-state index in [4.69, 9.17) is 0 Å². The van der Waals surface area contributed by atoms with Crippen LogP contribution in [0.1, 0.15) is 34.1 Å². The predicted molar refractivity (Wildman–Crippen MR) is 131 cm³/mol. The lowest BCUT2D eigenvalue weighted by atomic mass is 10.1. The Morgan fingerprint density at radius 1 is 1.03 bits per heavy atom. The minimum Gasteiger partial charge on any atom is -0.391 e. The van der Waals surface area contributed by atoms with Crippen LogP contribution in [0.25, 0.3) is 11.4 Å². The molecular weight excluding hydrogens is 449 g/mol. The number of hydrogen-bond acceptors (Lipinski definition) is 6. The summed E-state index contributed by atoms with van der Waals surface area (Å²) in [6, 6.07) is 13.5. The molecule has 0 unspecified atom stereocenters. The van der Waals surface area contributed by atoms with Crippen LogP contribution in [-0.2, 0) is 19.7 Å². The van der Waals surface area contributed by atoms with Gasteiger partial charge < -0.3 is 20.3 Å². The Hall–Kier alpha value is -3.40. The van der Waals surface area contributed by atoms with Crippen LogP contribution in [0.2, 0.25) is 0 Å². The van der Waals surface area contributed by atoms with Crippen LogP contribution < -0.4 is 10.9 Å². The van der Waals surface area contributed by atoms with Gasteiger partial charge in [-0.2, -0.15) is 0 Å². The molecule has 1 aromatic heterocycles. The van der Waals surface area contributed by atoms with Gasteiger partial charge in [0.25, 0.3) is 11.5 Å². The number of benzene rings is 2. The van der Waals surface area contributed by atoms with Crippen molar-refractivity contribution in [2.45, 2.75) is 26.6 Å². The van der Waals surface area contributed by atoms with Crippen molar-refractivity contribution in [1.82, 2.24) is 25.1 Å². The van der Waals surface area contributed by atoms with Gasteiger partial charge in [-0.25, -0.2) is 9.37 Å². The number of aromatic nitrogens is 2. The van der Waals surface area contributed by atoms with Crippen molar-refractivity contribution in [2.75, 3.05) is 32.7 Å². The highest BCUT2D eigenvalue weighted by Gasteiger charge is 2.19. The molecule has 4 rings (SSSR count). The van der Waals surface area contributed by atoms with Gasteiger partial charge in [-0.05, 0) is 29.8 Å². The van der Waals surface area contributed by atoms with Crippen LogP contribution in [0.5, 0.6) is 0 Å². The second kappa shape index (κ2) is 11.4. The topological polar surface area (TPSA) is 102 Å². The standard InChI is InChI=1S/C26H30FN5O3/c1-2-31-11-13-32(14-12-31)16-19-3-7-20(8-4-19)24-29-23(22(17-33)25(34)30-24)26(35)28-15-18-5-9-21(27)10-6-18/h3-10,33H,2,11-17H2,1H3,(H,28,35)(H,29,30,34). The molecule has 184 valence electrons. The van der Waals surface area contributed by atoms with E-state index < -0.39 is 18.1 Å². The molecule has 3 N–H and O–H groups in total. The lowest BCUT2D eigenvalue weighted by Crippen LogP contribution is -2.45. The first-order valence-corrected chi connectivity index (χ1v) is 11.8. The van der Waals surface area contributed by atoms with Crippen LogP contribution in [-0.4, -0.2) is 63.5 Å². The third-order valence-corrected chi connectivity index (χ3v) is 6.30. The third kappa shape index (κ3) is 6.19. The predicted octanol–water partition coefficient (Wildman–Crippen LogP) is 2.14. The molecule has 0 saturated carbocycles. The van der Waals surface area contributed by atoms with E-state index in [1.165, 1.54) is 12.1 Å². The number of aliphatic hydroxyl groups excluding tert-OH is 1. The van der Waals surface area contributed by atoms with Crippen molar-refractivity contribution in [2.24, 2.45) is 0 Å². The Morgan fingerprint density at radius 3 is 2.29 bits per heavy atom. The van der Waals surface area contributed by atoms with Crippen molar-refractivity contribution < 1.29 is 14.3 Å². The lowest BCUT2D eigenvalue weighted by Gasteiger charge is -2.34. The fourth-order valence-electron chi connectivity index (χ4n) is 4.13. The smallest absolute Gasteiger partial charge is 0.270 e. The lowest BCUT2D eigenvalue weighted by molar-refractivity contribution is 0.0942. The Labute approximate surface area is 203 Å². The number of likely N-dealkylation sites (N-methyl/N-ethyl adjacent to an activating group) is 1. The molecule has 0 spiro atoms. The first kappa shape index (κ1) is 24.7. The molecule has 2 heterocycles. The van der Waals surface area contributed by atoms with Crippen molar-refractivity contribution in [3.05, 3.63) is 87.1 Å². The van der Waals surface area contributed by atoms with Crippen molar-refractivity contribution >= 4 is 5.91 Å². The highest BCUT2D eigenvalue weighted by atomic mass is 19.1. The van der Waals surface area contributed by atoms with Gasteiger partial charge in [0.05, 0.1) is 12.2 Å². The van der Waals surface area contributed by atoms with Gasteiger partial charge >= 0.3 is 0 Å². The summed E-state index contributed by atoms with van der Waals surface area (Å²) in [5.41, 5.74) is 1.72. The second-order valence-electron chi connectivity index (χ2n) is 8.62. The molecule has 0 bridgehead atoms. The zero-order valence-corrected chi connectivity index (χ0v) is 19.8. The molecule has 1 saturated heterocycles. The maximum Gasteiger partial charge on any atom is 0.270 e. The third-order valence-electron chi connectivity index (χ3n) is 6.30. The Bertz CT molecular complexity index is 1200. The average molecular weight is 480 g/mol. The summed E-state index contributed by atoms with van der Waals surface area (Å²) >= 11 is 0. The molecule has 0 radical (unpaired) electrons. The van der Waals surface area contributed by atoms with E-state index in [1.54, 1.807) is 12.1 Å². The van der Waals surface area contributed by atoms with Crippen molar-refractivity contribution in [3.8, 4) is 11.4 Å². The van der Waals surface area contributed by atoms with Crippen LogP contribution in [0.4, 0.5) is 4.39 Å². The summed E-state index contributed by atoms with van der Waals surface area (Å²) in [6.45, 7) is 7.83. The van der Waals surface area contributed by atoms with Gasteiger partial charge in [0.15, 0.2) is 0 Å². The van der Waals surface area contributed by atoms with Crippen molar-refractivity contribution in [3.63, 3.8) is 0 Å². The first-order chi connectivity index (χ1) is 17.0. The molecule has 1 aliphatic rings. The fraction of sp³-hybridized carbons (Fsp3) is 0.346. The van der Waals surface area contributed by atoms with Crippen LogP contribution in [0.15, 0.2) is 53.3 Å². The maximum atomic E-state index is 13.1. The van der Waals surface area contributed by atoms with Gasteiger partial charge in [0.2, 0.25) is 0 Å². The van der Waals surface area contributed by atoms with E-state index in [2.05, 4.69) is 32.0 Å². The second-order valence-corrected chi connectivity index (χ2v) is 8.62.